The minimum absolute atomic E-state index is 0.133. The molecular weight excluding hydrogens is 352 g/mol. The van der Waals surface area contributed by atoms with E-state index in [4.69, 9.17) is 10.6 Å². The molecule has 158 valence electrons. The molecule has 4 N–H and O–H groups in total. The Balaban J connectivity index is 1.55. The average molecular weight is 391 g/mol. The summed E-state index contributed by atoms with van der Waals surface area (Å²) in [5.41, 5.74) is 10.0. The fraction of sp³-hybridized carbons (Fsp3) is 0.870. The van der Waals surface area contributed by atoms with Crippen LogP contribution in [0.2, 0.25) is 0 Å². The van der Waals surface area contributed by atoms with Gasteiger partial charge in [0.2, 0.25) is 0 Å². The summed E-state index contributed by atoms with van der Waals surface area (Å²) < 4.78 is 0. The standard InChI is InChI=1S/C23H38N2O3/c1-22-8-6-17(25-28-11-3-10-24)13-16(22)12-15(14-26)21-18-4-5-20(27)23(18,2)9-7-19(21)22/h13,15-16,18-19,21,25-26H,3-12,14,24H2,1-2H3/t15-,16?,18-,19-,21-,22-,23-/m0/s1. The highest BCUT2D eigenvalue weighted by molar-refractivity contribution is 5.87. The number of rotatable bonds is 6. The number of carbonyl (C=O) groups excluding carboxylic acids is 1. The number of hydrogen-bond donors (Lipinski definition) is 3. The van der Waals surface area contributed by atoms with Crippen molar-refractivity contribution >= 4 is 5.78 Å². The van der Waals surface area contributed by atoms with Crippen LogP contribution in [0.25, 0.3) is 0 Å². The number of hydrogen-bond acceptors (Lipinski definition) is 5. The van der Waals surface area contributed by atoms with Gasteiger partial charge >= 0.3 is 0 Å². The summed E-state index contributed by atoms with van der Waals surface area (Å²) in [5, 5.41) is 10.3. The number of nitrogens with one attached hydrogen (secondary N) is 1. The van der Waals surface area contributed by atoms with Gasteiger partial charge in [-0.1, -0.05) is 19.9 Å². The van der Waals surface area contributed by atoms with Gasteiger partial charge in [0, 0.05) is 24.1 Å². The van der Waals surface area contributed by atoms with Crippen LogP contribution in [0.5, 0.6) is 0 Å². The Kier molecular flexibility index (Phi) is 5.62. The molecule has 5 heteroatoms. The van der Waals surface area contributed by atoms with Crippen molar-refractivity contribution in [2.45, 2.75) is 65.2 Å². The first-order chi connectivity index (χ1) is 13.4. The molecule has 0 aromatic heterocycles. The Morgan fingerprint density at radius 2 is 2.07 bits per heavy atom. The van der Waals surface area contributed by atoms with Gasteiger partial charge in [-0.25, -0.2) is 0 Å². The number of hydroxylamine groups is 1. The lowest BCUT2D eigenvalue weighted by Gasteiger charge is -2.61. The fourth-order valence-electron chi connectivity index (χ4n) is 7.36. The monoisotopic (exact) mass is 390 g/mol. The molecule has 0 aromatic rings. The summed E-state index contributed by atoms with van der Waals surface area (Å²) in [6, 6.07) is 0. The number of aliphatic hydroxyl groups excluding tert-OH is 1. The molecule has 0 radical (unpaired) electrons. The maximum atomic E-state index is 12.7. The van der Waals surface area contributed by atoms with Crippen LogP contribution in [0.15, 0.2) is 11.8 Å². The summed E-state index contributed by atoms with van der Waals surface area (Å²) in [4.78, 5) is 18.2. The van der Waals surface area contributed by atoms with Gasteiger partial charge in [0.05, 0.1) is 6.61 Å². The third kappa shape index (κ3) is 3.14. The van der Waals surface area contributed by atoms with E-state index >= 15 is 0 Å². The van der Waals surface area contributed by atoms with Crippen molar-refractivity contribution in [1.82, 2.24) is 5.48 Å². The van der Waals surface area contributed by atoms with Gasteiger partial charge in [-0.15, -0.1) is 0 Å². The van der Waals surface area contributed by atoms with E-state index in [1.54, 1.807) is 0 Å². The molecule has 5 nitrogen and oxygen atoms in total. The van der Waals surface area contributed by atoms with Crippen molar-refractivity contribution in [3.63, 3.8) is 0 Å². The third-order valence-electron chi connectivity index (χ3n) is 9.06. The summed E-state index contributed by atoms with van der Waals surface area (Å²) in [5.74, 6) is 2.85. The van der Waals surface area contributed by atoms with Crippen molar-refractivity contribution in [1.29, 1.82) is 0 Å². The molecule has 28 heavy (non-hydrogen) atoms. The van der Waals surface area contributed by atoms with Crippen molar-refractivity contribution in [3.8, 4) is 0 Å². The molecule has 1 unspecified atom stereocenters. The van der Waals surface area contributed by atoms with E-state index in [-0.39, 0.29) is 17.4 Å². The molecule has 4 aliphatic rings. The number of aliphatic hydroxyl groups is 1. The number of Topliss-reactive ketones (excluding diaryl/α,β-unsaturated/α-hetero) is 1. The molecule has 3 fully saturated rings. The lowest BCUT2D eigenvalue weighted by atomic mass is 9.44. The average Bonchev–Trinajstić information content (AvgIpc) is 2.99. The van der Waals surface area contributed by atoms with Crippen LogP contribution in [0.1, 0.15) is 65.2 Å². The quantitative estimate of drug-likeness (QED) is 0.479. The molecule has 4 aliphatic carbocycles. The van der Waals surface area contributed by atoms with Gasteiger partial charge in [0.1, 0.15) is 5.78 Å². The first kappa shape index (κ1) is 20.4. The van der Waals surface area contributed by atoms with E-state index in [2.05, 4.69) is 25.4 Å². The Labute approximate surface area is 169 Å². The van der Waals surface area contributed by atoms with Crippen LogP contribution < -0.4 is 11.2 Å². The molecule has 4 rings (SSSR count). The predicted molar refractivity (Wildman–Crippen MR) is 109 cm³/mol. The zero-order chi connectivity index (χ0) is 19.9. The van der Waals surface area contributed by atoms with Crippen molar-refractivity contribution in [2.75, 3.05) is 19.8 Å². The second-order valence-corrected chi connectivity index (χ2v) is 10.3. The second kappa shape index (κ2) is 7.73. The highest BCUT2D eigenvalue weighted by atomic mass is 16.6. The van der Waals surface area contributed by atoms with Crippen LogP contribution >= 0.6 is 0 Å². The summed E-state index contributed by atoms with van der Waals surface area (Å²) >= 11 is 0. The minimum Gasteiger partial charge on any atom is -0.396 e. The van der Waals surface area contributed by atoms with Gasteiger partial charge in [0.25, 0.3) is 0 Å². The molecule has 0 aromatic carbocycles. The Bertz CT molecular complexity index is 635. The predicted octanol–water partition coefficient (Wildman–Crippen LogP) is 3.18. The van der Waals surface area contributed by atoms with Gasteiger partial charge in [-0.3, -0.25) is 15.1 Å². The molecule has 3 saturated carbocycles. The Hall–Kier alpha value is -0.910. The summed E-state index contributed by atoms with van der Waals surface area (Å²) in [6.07, 6.45) is 10.4. The van der Waals surface area contributed by atoms with Crippen molar-refractivity contribution in [2.24, 2.45) is 46.2 Å². The topological polar surface area (TPSA) is 84.6 Å². The maximum Gasteiger partial charge on any atom is 0.139 e. The summed E-state index contributed by atoms with van der Waals surface area (Å²) in [7, 11) is 0. The second-order valence-electron chi connectivity index (χ2n) is 10.3. The molecule has 0 heterocycles. The molecule has 7 atom stereocenters. The largest absolute Gasteiger partial charge is 0.396 e. The molecule has 0 saturated heterocycles. The first-order valence-corrected chi connectivity index (χ1v) is 11.4. The minimum atomic E-state index is -0.133. The van der Waals surface area contributed by atoms with Gasteiger partial charge < -0.3 is 10.8 Å². The number of allylic oxidation sites excluding steroid dienone is 2. The first-order valence-electron chi connectivity index (χ1n) is 11.4. The van der Waals surface area contributed by atoms with Gasteiger partial charge in [-0.05, 0) is 86.5 Å². The highest BCUT2D eigenvalue weighted by Crippen LogP contribution is 2.66. The van der Waals surface area contributed by atoms with Crippen LogP contribution in [0, 0.1) is 40.4 Å². The number of ketones is 1. The van der Waals surface area contributed by atoms with E-state index in [1.165, 1.54) is 5.70 Å². The number of nitrogens with two attached hydrogens (primary N) is 1. The SMILES string of the molecule is C[C@]12CCC(NOCCCN)=CC1C[C@@H](CO)[C@@H]1[C@@H]2CC[C@]2(C)C(=O)CC[C@@H]12. The van der Waals surface area contributed by atoms with Crippen molar-refractivity contribution < 1.29 is 14.7 Å². The highest BCUT2D eigenvalue weighted by Gasteiger charge is 2.61. The number of carbonyl (C=O) groups is 1. The fourth-order valence-corrected chi connectivity index (χ4v) is 7.36. The molecule has 0 aliphatic heterocycles. The molecule has 0 spiro atoms. The smallest absolute Gasteiger partial charge is 0.139 e. The summed E-state index contributed by atoms with van der Waals surface area (Å²) in [6.45, 7) is 6.22. The van der Waals surface area contributed by atoms with Gasteiger partial charge in [0.15, 0.2) is 0 Å². The van der Waals surface area contributed by atoms with E-state index in [0.29, 0.717) is 48.5 Å². The van der Waals surface area contributed by atoms with Crippen LogP contribution in [0.3, 0.4) is 0 Å². The van der Waals surface area contributed by atoms with E-state index in [1.807, 2.05) is 0 Å². The Morgan fingerprint density at radius 3 is 2.82 bits per heavy atom. The van der Waals surface area contributed by atoms with Crippen LogP contribution in [-0.2, 0) is 9.63 Å². The van der Waals surface area contributed by atoms with Crippen LogP contribution in [-0.4, -0.2) is 30.6 Å². The van der Waals surface area contributed by atoms with Crippen LogP contribution in [0.4, 0.5) is 0 Å². The lowest BCUT2D eigenvalue weighted by molar-refractivity contribution is -0.145. The third-order valence-corrected chi connectivity index (χ3v) is 9.06. The van der Waals surface area contributed by atoms with E-state index in [9.17, 15) is 9.90 Å². The normalized spacial score (nSPS) is 45.1. The Morgan fingerprint density at radius 1 is 1.25 bits per heavy atom. The molecule has 0 amide bonds. The molecule has 0 bridgehead atoms. The zero-order valence-corrected chi connectivity index (χ0v) is 17.6. The maximum absolute atomic E-state index is 12.7. The van der Waals surface area contributed by atoms with Crippen molar-refractivity contribution in [3.05, 3.63) is 11.8 Å². The molecular formula is C23H38N2O3. The number of fused-ring (bicyclic) bond motifs is 5. The van der Waals surface area contributed by atoms with Gasteiger partial charge in [-0.2, -0.15) is 0 Å². The lowest BCUT2D eigenvalue weighted by Crippen LogP contribution is -2.56. The zero-order valence-electron chi connectivity index (χ0n) is 17.6. The van der Waals surface area contributed by atoms with E-state index < -0.39 is 0 Å². The van der Waals surface area contributed by atoms with E-state index in [0.717, 1.165) is 51.4 Å².